The molecule has 0 fully saturated rings. The first-order valence-corrected chi connectivity index (χ1v) is 7.64. The Morgan fingerprint density at radius 2 is 2.00 bits per heavy atom. The van der Waals surface area contributed by atoms with Crippen molar-refractivity contribution in [3.63, 3.8) is 0 Å². The fourth-order valence-electron chi connectivity index (χ4n) is 2.40. The summed E-state index contributed by atoms with van der Waals surface area (Å²) in [6.45, 7) is 11.2. The molecule has 1 N–H and O–H groups in total. The predicted molar refractivity (Wildman–Crippen MR) is 85.9 cm³/mol. The molecule has 0 heterocycles. The van der Waals surface area contributed by atoms with E-state index in [4.69, 9.17) is 0 Å². The third-order valence-corrected chi connectivity index (χ3v) is 3.90. The summed E-state index contributed by atoms with van der Waals surface area (Å²) >= 11 is 0. The lowest BCUT2D eigenvalue weighted by atomic mass is 10.1. The first-order chi connectivity index (χ1) is 9.13. The molecule has 108 valence electrons. The zero-order valence-electron chi connectivity index (χ0n) is 13.3. The molecule has 1 unspecified atom stereocenters. The Morgan fingerprint density at radius 3 is 2.53 bits per heavy atom. The van der Waals surface area contributed by atoms with E-state index >= 15 is 0 Å². The fraction of sp³-hybridized carbons (Fsp3) is 0.647. The minimum absolute atomic E-state index is 0.612. The summed E-state index contributed by atoms with van der Waals surface area (Å²) in [4.78, 5) is 2.56. The highest BCUT2D eigenvalue weighted by Crippen LogP contribution is 2.23. The van der Waals surface area contributed by atoms with E-state index in [1.54, 1.807) is 0 Å². The van der Waals surface area contributed by atoms with E-state index < -0.39 is 0 Å². The van der Waals surface area contributed by atoms with Crippen molar-refractivity contribution in [1.82, 2.24) is 5.32 Å². The maximum Gasteiger partial charge on any atom is 0.0371 e. The third-order valence-electron chi connectivity index (χ3n) is 3.90. The molecule has 2 nitrogen and oxygen atoms in total. The molecule has 0 aromatic heterocycles. The summed E-state index contributed by atoms with van der Waals surface area (Å²) in [7, 11) is 2.00. The van der Waals surface area contributed by atoms with E-state index in [2.05, 4.69) is 56.1 Å². The number of nitrogens with zero attached hydrogens (tertiary/aromatic N) is 1. The van der Waals surface area contributed by atoms with Crippen molar-refractivity contribution < 1.29 is 0 Å². The second kappa shape index (κ2) is 8.21. The largest absolute Gasteiger partial charge is 0.369 e. The van der Waals surface area contributed by atoms with Gasteiger partial charge in [0, 0.05) is 24.8 Å². The van der Waals surface area contributed by atoms with Gasteiger partial charge in [0.15, 0.2) is 0 Å². The van der Waals surface area contributed by atoms with Crippen LogP contribution >= 0.6 is 0 Å². The van der Waals surface area contributed by atoms with Gasteiger partial charge in [-0.15, -0.1) is 0 Å². The molecule has 1 rings (SSSR count). The maximum atomic E-state index is 3.23. The van der Waals surface area contributed by atoms with Crippen molar-refractivity contribution in [2.75, 3.05) is 18.5 Å². The molecule has 0 radical (unpaired) electrons. The Labute approximate surface area is 119 Å². The van der Waals surface area contributed by atoms with Crippen LogP contribution in [0.25, 0.3) is 0 Å². The zero-order valence-corrected chi connectivity index (χ0v) is 13.3. The third kappa shape index (κ3) is 4.54. The molecule has 2 heteroatoms. The highest BCUT2D eigenvalue weighted by molar-refractivity contribution is 5.51. The molecular formula is C17H30N2. The number of hydrogen-bond acceptors (Lipinski definition) is 2. The minimum Gasteiger partial charge on any atom is -0.369 e. The van der Waals surface area contributed by atoms with Crippen LogP contribution < -0.4 is 10.2 Å². The first-order valence-electron chi connectivity index (χ1n) is 7.64. The second-order valence-electron chi connectivity index (χ2n) is 5.45. The van der Waals surface area contributed by atoms with E-state index in [1.807, 2.05) is 7.05 Å². The summed E-state index contributed by atoms with van der Waals surface area (Å²) in [6.07, 6.45) is 3.71. The van der Waals surface area contributed by atoms with Crippen LogP contribution in [-0.2, 0) is 6.54 Å². The normalized spacial score (nSPS) is 12.5. The molecule has 19 heavy (non-hydrogen) atoms. The lowest BCUT2D eigenvalue weighted by molar-refractivity contribution is 0.595. The van der Waals surface area contributed by atoms with Gasteiger partial charge in [0.25, 0.3) is 0 Å². The molecule has 0 bridgehead atoms. The summed E-state index contributed by atoms with van der Waals surface area (Å²) in [6, 6.07) is 7.50. The van der Waals surface area contributed by atoms with Gasteiger partial charge in [0.2, 0.25) is 0 Å². The van der Waals surface area contributed by atoms with Gasteiger partial charge in [-0.1, -0.05) is 26.3 Å². The van der Waals surface area contributed by atoms with Gasteiger partial charge >= 0.3 is 0 Å². The Bertz CT molecular complexity index is 374. The number of benzene rings is 1. The number of anilines is 1. The molecule has 1 aromatic carbocycles. The van der Waals surface area contributed by atoms with E-state index in [0.29, 0.717) is 6.04 Å². The SMILES string of the molecule is CCCCN(c1ccc(CNC)c(C)c1)C(C)CC. The van der Waals surface area contributed by atoms with Crippen molar-refractivity contribution >= 4 is 5.69 Å². The van der Waals surface area contributed by atoms with Crippen LogP contribution in [0.1, 0.15) is 51.2 Å². The maximum absolute atomic E-state index is 3.23. The quantitative estimate of drug-likeness (QED) is 0.758. The molecule has 0 saturated carbocycles. The van der Waals surface area contributed by atoms with Crippen LogP contribution in [0.5, 0.6) is 0 Å². The summed E-state index contributed by atoms with van der Waals surface area (Å²) < 4.78 is 0. The number of aryl methyl sites for hydroxylation is 1. The van der Waals surface area contributed by atoms with Crippen LogP contribution in [-0.4, -0.2) is 19.6 Å². The van der Waals surface area contributed by atoms with Crippen LogP contribution in [0.4, 0.5) is 5.69 Å². The predicted octanol–water partition coefficient (Wildman–Crippen LogP) is 4.12. The minimum atomic E-state index is 0.612. The van der Waals surface area contributed by atoms with Crippen molar-refractivity contribution in [2.24, 2.45) is 0 Å². The van der Waals surface area contributed by atoms with Gasteiger partial charge in [-0.2, -0.15) is 0 Å². The summed E-state index contributed by atoms with van der Waals surface area (Å²) in [5, 5.41) is 3.23. The van der Waals surface area contributed by atoms with E-state index in [9.17, 15) is 0 Å². The molecule has 0 aliphatic carbocycles. The van der Waals surface area contributed by atoms with Gasteiger partial charge < -0.3 is 10.2 Å². The topological polar surface area (TPSA) is 15.3 Å². The Morgan fingerprint density at radius 1 is 1.26 bits per heavy atom. The Balaban J connectivity index is 2.92. The Kier molecular flexibility index (Phi) is 6.93. The van der Waals surface area contributed by atoms with Crippen molar-refractivity contribution in [3.05, 3.63) is 29.3 Å². The lowest BCUT2D eigenvalue weighted by Crippen LogP contribution is -2.33. The van der Waals surface area contributed by atoms with E-state index in [1.165, 1.54) is 36.1 Å². The van der Waals surface area contributed by atoms with Crippen LogP contribution in [0.3, 0.4) is 0 Å². The lowest BCUT2D eigenvalue weighted by Gasteiger charge is -2.31. The average Bonchev–Trinajstić information content (AvgIpc) is 2.41. The van der Waals surface area contributed by atoms with Crippen molar-refractivity contribution in [2.45, 2.75) is 59.5 Å². The number of rotatable bonds is 8. The molecule has 0 amide bonds. The van der Waals surface area contributed by atoms with Crippen LogP contribution in [0.15, 0.2) is 18.2 Å². The van der Waals surface area contributed by atoms with Gasteiger partial charge in [0.05, 0.1) is 0 Å². The van der Waals surface area contributed by atoms with Gasteiger partial charge in [-0.05, 0) is 57.0 Å². The fourth-order valence-corrected chi connectivity index (χ4v) is 2.40. The number of hydrogen-bond donors (Lipinski definition) is 1. The molecular weight excluding hydrogens is 232 g/mol. The van der Waals surface area contributed by atoms with Gasteiger partial charge in [-0.25, -0.2) is 0 Å². The highest BCUT2D eigenvalue weighted by atomic mass is 15.2. The molecule has 0 spiro atoms. The van der Waals surface area contributed by atoms with Gasteiger partial charge in [0.1, 0.15) is 0 Å². The first kappa shape index (κ1) is 16.0. The number of nitrogens with one attached hydrogen (secondary N) is 1. The van der Waals surface area contributed by atoms with Crippen LogP contribution in [0.2, 0.25) is 0 Å². The van der Waals surface area contributed by atoms with Gasteiger partial charge in [-0.3, -0.25) is 0 Å². The van der Waals surface area contributed by atoms with Crippen LogP contribution in [0, 0.1) is 6.92 Å². The van der Waals surface area contributed by atoms with E-state index in [0.717, 1.165) is 13.1 Å². The Hall–Kier alpha value is -1.02. The smallest absolute Gasteiger partial charge is 0.0371 e. The van der Waals surface area contributed by atoms with Crippen molar-refractivity contribution in [1.29, 1.82) is 0 Å². The molecule has 0 aliphatic rings. The summed E-state index contributed by atoms with van der Waals surface area (Å²) in [5.74, 6) is 0. The zero-order chi connectivity index (χ0) is 14.3. The standard InChI is InChI=1S/C17H30N2/c1-6-8-11-19(15(4)7-2)17-10-9-16(13-18-5)14(3)12-17/h9-10,12,15,18H,6-8,11,13H2,1-5H3. The monoisotopic (exact) mass is 262 g/mol. The molecule has 0 aliphatic heterocycles. The average molecular weight is 262 g/mol. The molecule has 1 atom stereocenters. The molecule has 1 aromatic rings. The summed E-state index contributed by atoms with van der Waals surface area (Å²) in [5.41, 5.74) is 4.16. The van der Waals surface area contributed by atoms with E-state index in [-0.39, 0.29) is 0 Å². The number of unbranched alkanes of at least 4 members (excludes halogenated alkanes) is 1. The second-order valence-corrected chi connectivity index (χ2v) is 5.45. The molecule has 0 saturated heterocycles. The van der Waals surface area contributed by atoms with Crippen molar-refractivity contribution in [3.8, 4) is 0 Å². The highest BCUT2D eigenvalue weighted by Gasteiger charge is 2.13.